The van der Waals surface area contributed by atoms with E-state index < -0.39 is 0 Å². The Morgan fingerprint density at radius 1 is 0.552 bits per heavy atom. The van der Waals surface area contributed by atoms with Crippen LogP contribution < -0.4 is 0 Å². The highest BCUT2D eigenvalue weighted by Crippen LogP contribution is 2.52. The van der Waals surface area contributed by atoms with Crippen molar-refractivity contribution >= 4 is 0 Å². The maximum absolute atomic E-state index is 5.93. The number of benzene rings is 2. The van der Waals surface area contributed by atoms with Gasteiger partial charge in [-0.3, -0.25) is 0 Å². The molecule has 0 atom stereocenters. The zero-order chi connectivity index (χ0) is 20.4. The van der Waals surface area contributed by atoms with E-state index in [2.05, 4.69) is 48.5 Å². The van der Waals surface area contributed by atoms with Crippen LogP contribution in [0, 0.1) is 0 Å². The van der Waals surface area contributed by atoms with Crippen molar-refractivity contribution in [3.05, 3.63) is 59.7 Å². The molecule has 0 saturated carbocycles. The van der Waals surface area contributed by atoms with Crippen LogP contribution in [0.15, 0.2) is 48.5 Å². The fraction of sp³-hybridized carbons (Fsp3) is 0.520. The monoisotopic (exact) mass is 398 g/mol. The third-order valence-electron chi connectivity index (χ3n) is 5.67. The van der Waals surface area contributed by atoms with Gasteiger partial charge in [0.15, 0.2) is 0 Å². The van der Waals surface area contributed by atoms with Crippen LogP contribution in [-0.2, 0) is 24.4 Å². The van der Waals surface area contributed by atoms with Gasteiger partial charge in [-0.15, -0.1) is 0 Å². The van der Waals surface area contributed by atoms with Gasteiger partial charge in [0.1, 0.15) is 0 Å². The molecule has 0 fully saturated rings. The summed E-state index contributed by atoms with van der Waals surface area (Å²) in [5.74, 6) is 0. The van der Waals surface area contributed by atoms with Gasteiger partial charge in [-0.05, 0) is 48.9 Å². The number of rotatable bonds is 14. The summed E-state index contributed by atoms with van der Waals surface area (Å²) in [6.07, 6.45) is 1.87. The molecule has 2 aromatic carbocycles. The predicted molar refractivity (Wildman–Crippen MR) is 117 cm³/mol. The molecule has 0 radical (unpaired) electrons. The second-order valence-electron chi connectivity index (χ2n) is 7.29. The minimum atomic E-state index is -0.0790. The lowest BCUT2D eigenvalue weighted by Gasteiger charge is -2.32. The molecule has 0 unspecified atom stereocenters. The van der Waals surface area contributed by atoms with E-state index in [0.29, 0.717) is 39.6 Å². The Morgan fingerprint density at radius 3 is 1.41 bits per heavy atom. The fourth-order valence-corrected chi connectivity index (χ4v) is 4.30. The van der Waals surface area contributed by atoms with E-state index in [1.165, 1.54) is 22.3 Å². The molecule has 0 spiro atoms. The highest BCUT2D eigenvalue weighted by molar-refractivity contribution is 5.80. The molecule has 3 rings (SSSR count). The maximum atomic E-state index is 5.93. The number of fused-ring (bicyclic) bond motifs is 3. The Labute approximate surface area is 175 Å². The van der Waals surface area contributed by atoms with Gasteiger partial charge < -0.3 is 18.9 Å². The summed E-state index contributed by atoms with van der Waals surface area (Å²) in [5, 5.41) is 0. The van der Waals surface area contributed by atoms with Gasteiger partial charge in [0.2, 0.25) is 0 Å². The summed E-state index contributed by atoms with van der Waals surface area (Å²) in [5.41, 5.74) is 5.38. The largest absolute Gasteiger partial charge is 0.379 e. The van der Waals surface area contributed by atoms with Gasteiger partial charge in [-0.1, -0.05) is 48.5 Å². The van der Waals surface area contributed by atoms with E-state index in [4.69, 9.17) is 18.9 Å². The Bertz CT molecular complexity index is 680. The first kappa shape index (κ1) is 22.0. The van der Waals surface area contributed by atoms with Crippen LogP contribution in [-0.4, -0.2) is 52.9 Å². The second kappa shape index (κ2) is 11.5. The molecule has 0 heterocycles. The van der Waals surface area contributed by atoms with E-state index in [9.17, 15) is 0 Å². The van der Waals surface area contributed by atoms with E-state index in [0.717, 1.165) is 26.1 Å². The van der Waals surface area contributed by atoms with E-state index in [1.807, 2.05) is 13.8 Å². The fourth-order valence-electron chi connectivity index (χ4n) is 4.30. The summed E-state index contributed by atoms with van der Waals surface area (Å²) in [7, 11) is 0. The predicted octanol–water partition coefficient (Wildman–Crippen LogP) is 4.84. The van der Waals surface area contributed by atoms with Crippen LogP contribution in [0.3, 0.4) is 0 Å². The lowest BCUT2D eigenvalue weighted by Crippen LogP contribution is -2.29. The standard InChI is InChI=1S/C25H34O4/c1-3-26-17-19-28-15-13-25(14-16-29-20-18-27-4-2)23-11-7-5-9-21(23)22-10-6-8-12-24(22)25/h5-12H,3-4,13-20H2,1-2H3. The first-order valence-corrected chi connectivity index (χ1v) is 10.8. The topological polar surface area (TPSA) is 36.9 Å². The first-order valence-electron chi connectivity index (χ1n) is 10.8. The summed E-state index contributed by atoms with van der Waals surface area (Å²) in [6, 6.07) is 17.6. The summed E-state index contributed by atoms with van der Waals surface area (Å²) in [4.78, 5) is 0. The van der Waals surface area contributed by atoms with Gasteiger partial charge in [0.05, 0.1) is 26.4 Å². The molecule has 1 aliphatic rings. The maximum Gasteiger partial charge on any atom is 0.0700 e. The number of hydrogen-bond donors (Lipinski definition) is 0. The van der Waals surface area contributed by atoms with E-state index >= 15 is 0 Å². The normalized spacial score (nSPS) is 14.0. The molecule has 4 heteroatoms. The van der Waals surface area contributed by atoms with Crippen molar-refractivity contribution in [1.82, 2.24) is 0 Å². The highest BCUT2D eigenvalue weighted by Gasteiger charge is 2.42. The average Bonchev–Trinajstić information content (AvgIpc) is 3.04. The highest BCUT2D eigenvalue weighted by atomic mass is 16.5. The van der Waals surface area contributed by atoms with Crippen molar-refractivity contribution in [2.45, 2.75) is 32.1 Å². The molecule has 0 aromatic heterocycles. The van der Waals surface area contributed by atoms with Crippen LogP contribution >= 0.6 is 0 Å². The second-order valence-corrected chi connectivity index (χ2v) is 7.29. The molecule has 4 nitrogen and oxygen atoms in total. The van der Waals surface area contributed by atoms with Crippen molar-refractivity contribution in [1.29, 1.82) is 0 Å². The van der Waals surface area contributed by atoms with Crippen LogP contribution in [0.1, 0.15) is 37.8 Å². The van der Waals surface area contributed by atoms with Gasteiger partial charge in [0.25, 0.3) is 0 Å². The van der Waals surface area contributed by atoms with Crippen molar-refractivity contribution in [2.75, 3.05) is 52.9 Å². The quantitative estimate of drug-likeness (QED) is 0.427. The molecule has 0 amide bonds. The molecule has 1 aliphatic carbocycles. The Hall–Kier alpha value is -1.72. The first-order chi connectivity index (χ1) is 14.3. The lowest BCUT2D eigenvalue weighted by molar-refractivity contribution is 0.0356. The van der Waals surface area contributed by atoms with Crippen molar-refractivity contribution in [2.24, 2.45) is 0 Å². The van der Waals surface area contributed by atoms with Gasteiger partial charge in [0, 0.05) is 31.8 Å². The van der Waals surface area contributed by atoms with Gasteiger partial charge in [-0.25, -0.2) is 0 Å². The van der Waals surface area contributed by atoms with Crippen molar-refractivity contribution < 1.29 is 18.9 Å². The zero-order valence-electron chi connectivity index (χ0n) is 17.8. The summed E-state index contributed by atoms with van der Waals surface area (Å²) in [6.45, 7) is 9.45. The van der Waals surface area contributed by atoms with Crippen LogP contribution in [0.5, 0.6) is 0 Å². The van der Waals surface area contributed by atoms with Gasteiger partial charge >= 0.3 is 0 Å². The molecule has 0 saturated heterocycles. The molecular weight excluding hydrogens is 364 g/mol. The van der Waals surface area contributed by atoms with Crippen LogP contribution in [0.4, 0.5) is 0 Å². The van der Waals surface area contributed by atoms with Crippen molar-refractivity contribution in [3.63, 3.8) is 0 Å². The Kier molecular flexibility index (Phi) is 8.69. The molecule has 158 valence electrons. The van der Waals surface area contributed by atoms with Gasteiger partial charge in [-0.2, -0.15) is 0 Å². The molecular formula is C25H34O4. The number of ether oxygens (including phenoxy) is 4. The third-order valence-corrected chi connectivity index (χ3v) is 5.67. The molecule has 2 aromatic rings. The van der Waals surface area contributed by atoms with Crippen molar-refractivity contribution in [3.8, 4) is 11.1 Å². The summed E-state index contributed by atoms with van der Waals surface area (Å²) >= 11 is 0. The lowest BCUT2D eigenvalue weighted by atomic mass is 9.73. The third kappa shape index (κ3) is 5.26. The van der Waals surface area contributed by atoms with E-state index in [1.54, 1.807) is 0 Å². The number of hydrogen-bond acceptors (Lipinski definition) is 4. The molecule has 0 aliphatic heterocycles. The minimum Gasteiger partial charge on any atom is -0.379 e. The van der Waals surface area contributed by atoms with Crippen LogP contribution in [0.2, 0.25) is 0 Å². The molecule has 0 bridgehead atoms. The summed E-state index contributed by atoms with van der Waals surface area (Å²) < 4.78 is 22.6. The molecule has 0 N–H and O–H groups in total. The average molecular weight is 399 g/mol. The van der Waals surface area contributed by atoms with E-state index in [-0.39, 0.29) is 5.41 Å². The zero-order valence-corrected chi connectivity index (χ0v) is 17.8. The Morgan fingerprint density at radius 2 is 0.966 bits per heavy atom. The van der Waals surface area contributed by atoms with Crippen LogP contribution in [0.25, 0.3) is 11.1 Å². The molecule has 29 heavy (non-hydrogen) atoms. The minimum absolute atomic E-state index is 0.0790. The SMILES string of the molecule is CCOCCOCCC1(CCOCCOCC)c2ccccc2-c2ccccc21. The Balaban J connectivity index is 1.75. The smallest absolute Gasteiger partial charge is 0.0700 e.